The lowest BCUT2D eigenvalue weighted by atomic mass is 10.1. The van der Waals surface area contributed by atoms with E-state index < -0.39 is 0 Å². The highest BCUT2D eigenvalue weighted by Crippen LogP contribution is 2.33. The predicted octanol–water partition coefficient (Wildman–Crippen LogP) is 3.33. The Labute approximate surface area is 129 Å². The van der Waals surface area contributed by atoms with Crippen LogP contribution in [-0.4, -0.2) is 22.7 Å². The van der Waals surface area contributed by atoms with Crippen LogP contribution in [0.2, 0.25) is 0 Å². The van der Waals surface area contributed by atoms with Gasteiger partial charge in [0.1, 0.15) is 11.9 Å². The number of anilines is 1. The summed E-state index contributed by atoms with van der Waals surface area (Å²) in [5.41, 5.74) is 3.07. The molecule has 2 aromatic carbocycles. The van der Waals surface area contributed by atoms with Gasteiger partial charge in [0, 0.05) is 18.7 Å². The Morgan fingerprint density at radius 3 is 2.73 bits per heavy atom. The quantitative estimate of drug-likeness (QED) is 0.922. The lowest BCUT2D eigenvalue weighted by molar-refractivity contribution is -0.119. The lowest BCUT2D eigenvalue weighted by Crippen LogP contribution is -2.42. The van der Waals surface area contributed by atoms with Gasteiger partial charge in [-0.2, -0.15) is 0 Å². The van der Waals surface area contributed by atoms with Gasteiger partial charge in [0.15, 0.2) is 0 Å². The molecule has 2 aromatic rings. The molecule has 1 saturated heterocycles. The van der Waals surface area contributed by atoms with Gasteiger partial charge in [-0.1, -0.05) is 36.4 Å². The zero-order chi connectivity index (χ0) is 14.9. The van der Waals surface area contributed by atoms with Crippen molar-refractivity contribution in [1.29, 1.82) is 0 Å². The van der Waals surface area contributed by atoms with Crippen LogP contribution >= 0.6 is 0 Å². The van der Waals surface area contributed by atoms with Crippen LogP contribution in [0.4, 0.5) is 11.4 Å². The Morgan fingerprint density at radius 2 is 1.86 bits per heavy atom. The first-order valence-corrected chi connectivity index (χ1v) is 7.59. The summed E-state index contributed by atoms with van der Waals surface area (Å²) >= 11 is 0. The number of fused-ring (bicyclic) bond motifs is 2. The summed E-state index contributed by atoms with van der Waals surface area (Å²) in [6.45, 7) is 0.766. The average Bonchev–Trinajstić information content (AvgIpc) is 2.96. The van der Waals surface area contributed by atoms with Crippen LogP contribution in [0.1, 0.15) is 18.4 Å². The SMILES string of the molecule is O=C(Nc1ccccc1)[C@@H]1CCC2=Nc3ccccc3CN21. The van der Waals surface area contributed by atoms with Crippen molar-refractivity contribution in [3.8, 4) is 0 Å². The van der Waals surface area contributed by atoms with E-state index in [0.29, 0.717) is 0 Å². The Bertz CT molecular complexity index is 739. The number of amidine groups is 1. The van der Waals surface area contributed by atoms with Crippen LogP contribution in [0.3, 0.4) is 0 Å². The molecule has 4 nitrogen and oxygen atoms in total. The molecule has 0 radical (unpaired) electrons. The van der Waals surface area contributed by atoms with Crippen molar-refractivity contribution in [3.63, 3.8) is 0 Å². The number of benzene rings is 2. The molecule has 0 saturated carbocycles. The van der Waals surface area contributed by atoms with E-state index in [9.17, 15) is 4.79 Å². The number of para-hydroxylation sites is 2. The summed E-state index contributed by atoms with van der Waals surface area (Å²) in [5.74, 6) is 1.09. The first-order valence-electron chi connectivity index (χ1n) is 7.59. The number of nitrogens with zero attached hydrogens (tertiary/aromatic N) is 2. The monoisotopic (exact) mass is 291 g/mol. The summed E-state index contributed by atoms with van der Waals surface area (Å²) < 4.78 is 0. The normalized spacial score (nSPS) is 19.2. The molecule has 2 aliphatic rings. The van der Waals surface area contributed by atoms with Gasteiger partial charge in [0.05, 0.1) is 5.69 Å². The number of nitrogens with one attached hydrogen (secondary N) is 1. The molecule has 0 unspecified atom stereocenters. The van der Waals surface area contributed by atoms with Gasteiger partial charge in [0.2, 0.25) is 5.91 Å². The minimum atomic E-state index is -0.132. The Morgan fingerprint density at radius 1 is 1.09 bits per heavy atom. The Hall–Kier alpha value is -2.62. The van der Waals surface area contributed by atoms with Gasteiger partial charge in [0.25, 0.3) is 0 Å². The van der Waals surface area contributed by atoms with Crippen molar-refractivity contribution < 1.29 is 4.79 Å². The van der Waals surface area contributed by atoms with Gasteiger partial charge >= 0.3 is 0 Å². The molecule has 1 atom stereocenters. The fourth-order valence-electron chi connectivity index (χ4n) is 3.16. The van der Waals surface area contributed by atoms with Gasteiger partial charge in [-0.3, -0.25) is 4.79 Å². The van der Waals surface area contributed by atoms with Crippen LogP contribution in [0.25, 0.3) is 0 Å². The molecule has 1 fully saturated rings. The zero-order valence-electron chi connectivity index (χ0n) is 12.2. The van der Waals surface area contributed by atoms with Crippen LogP contribution in [-0.2, 0) is 11.3 Å². The molecule has 1 amide bonds. The Balaban J connectivity index is 1.55. The van der Waals surface area contributed by atoms with Gasteiger partial charge < -0.3 is 10.2 Å². The van der Waals surface area contributed by atoms with Crippen molar-refractivity contribution in [1.82, 2.24) is 4.90 Å². The maximum atomic E-state index is 12.6. The third-order valence-electron chi connectivity index (χ3n) is 4.27. The van der Waals surface area contributed by atoms with Crippen LogP contribution in [0.15, 0.2) is 59.6 Å². The highest BCUT2D eigenvalue weighted by atomic mass is 16.2. The summed E-state index contributed by atoms with van der Waals surface area (Å²) in [7, 11) is 0. The number of carbonyl (C=O) groups is 1. The summed E-state index contributed by atoms with van der Waals surface area (Å²) in [5, 5.41) is 3.01. The molecule has 4 heteroatoms. The molecule has 0 spiro atoms. The smallest absolute Gasteiger partial charge is 0.247 e. The van der Waals surface area contributed by atoms with E-state index in [1.807, 2.05) is 48.5 Å². The van der Waals surface area contributed by atoms with Crippen molar-refractivity contribution in [3.05, 3.63) is 60.2 Å². The number of aliphatic imine (C=N–C) groups is 1. The summed E-state index contributed by atoms with van der Waals surface area (Å²) in [6.07, 6.45) is 1.69. The molecule has 0 aliphatic carbocycles. The van der Waals surface area contributed by atoms with Crippen molar-refractivity contribution in [2.75, 3.05) is 5.32 Å². The van der Waals surface area contributed by atoms with Crippen LogP contribution < -0.4 is 5.32 Å². The molecule has 22 heavy (non-hydrogen) atoms. The van der Waals surface area contributed by atoms with E-state index in [1.54, 1.807) is 0 Å². The highest BCUT2D eigenvalue weighted by molar-refractivity contribution is 6.01. The molecule has 0 bridgehead atoms. The molecular weight excluding hydrogens is 274 g/mol. The fraction of sp³-hybridized carbons (Fsp3) is 0.222. The van der Waals surface area contributed by atoms with E-state index in [1.165, 1.54) is 5.56 Å². The van der Waals surface area contributed by atoms with Crippen LogP contribution in [0.5, 0.6) is 0 Å². The number of hydrogen-bond acceptors (Lipinski definition) is 3. The second-order valence-electron chi connectivity index (χ2n) is 5.69. The highest BCUT2D eigenvalue weighted by Gasteiger charge is 2.36. The van der Waals surface area contributed by atoms with E-state index >= 15 is 0 Å². The number of rotatable bonds is 2. The third kappa shape index (κ3) is 2.26. The number of amides is 1. The fourth-order valence-corrected chi connectivity index (χ4v) is 3.16. The topological polar surface area (TPSA) is 44.7 Å². The first kappa shape index (κ1) is 13.1. The van der Waals surface area contributed by atoms with Crippen molar-refractivity contribution >= 4 is 23.1 Å². The number of carbonyl (C=O) groups excluding carboxylic acids is 1. The van der Waals surface area contributed by atoms with E-state index in [-0.39, 0.29) is 11.9 Å². The minimum Gasteiger partial charge on any atom is -0.344 e. The minimum absolute atomic E-state index is 0.0516. The van der Waals surface area contributed by atoms with Crippen LogP contribution in [0, 0.1) is 0 Å². The van der Waals surface area contributed by atoms with Crippen molar-refractivity contribution in [2.24, 2.45) is 4.99 Å². The van der Waals surface area contributed by atoms with E-state index in [4.69, 9.17) is 4.99 Å². The van der Waals surface area contributed by atoms with Gasteiger partial charge in [-0.15, -0.1) is 0 Å². The zero-order valence-corrected chi connectivity index (χ0v) is 12.2. The van der Waals surface area contributed by atoms with E-state index in [2.05, 4.69) is 16.3 Å². The average molecular weight is 291 g/mol. The molecule has 2 aliphatic heterocycles. The second kappa shape index (κ2) is 5.30. The summed E-state index contributed by atoms with van der Waals surface area (Å²) in [4.78, 5) is 19.4. The summed E-state index contributed by atoms with van der Waals surface area (Å²) in [6, 6.07) is 17.6. The molecule has 0 aromatic heterocycles. The maximum Gasteiger partial charge on any atom is 0.247 e. The number of hydrogen-bond donors (Lipinski definition) is 1. The maximum absolute atomic E-state index is 12.6. The van der Waals surface area contributed by atoms with E-state index in [0.717, 1.165) is 36.6 Å². The Kier molecular flexibility index (Phi) is 3.15. The van der Waals surface area contributed by atoms with Gasteiger partial charge in [-0.25, -0.2) is 4.99 Å². The molecule has 110 valence electrons. The first-order chi connectivity index (χ1) is 10.8. The molecule has 4 rings (SSSR count). The van der Waals surface area contributed by atoms with Crippen molar-refractivity contribution in [2.45, 2.75) is 25.4 Å². The second-order valence-corrected chi connectivity index (χ2v) is 5.69. The lowest BCUT2D eigenvalue weighted by Gasteiger charge is -2.29. The predicted molar refractivity (Wildman–Crippen MR) is 87.2 cm³/mol. The largest absolute Gasteiger partial charge is 0.344 e. The molecule has 2 heterocycles. The molecular formula is C18H17N3O. The third-order valence-corrected chi connectivity index (χ3v) is 4.27. The van der Waals surface area contributed by atoms with Gasteiger partial charge in [-0.05, 0) is 30.2 Å². The molecule has 1 N–H and O–H groups in total. The standard InChI is InChI=1S/C18H17N3O/c22-18(19-14-7-2-1-3-8-14)16-10-11-17-20-15-9-5-4-6-13(15)12-21(16)17/h1-9,16H,10-12H2,(H,19,22)/t16-/m0/s1.